The summed E-state index contributed by atoms with van der Waals surface area (Å²) in [5, 5.41) is 1.75. The van der Waals surface area contributed by atoms with Crippen LogP contribution in [-0.2, 0) is 32.5 Å². The maximum Gasteiger partial charge on any atom is 0.252 e. The van der Waals surface area contributed by atoms with E-state index in [1.165, 1.54) is 38.9 Å². The van der Waals surface area contributed by atoms with E-state index in [1.54, 1.807) is 4.57 Å². The van der Waals surface area contributed by atoms with Crippen LogP contribution in [0.4, 0.5) is 34.1 Å². The number of hydrogen-bond donors (Lipinski definition) is 0. The molecule has 16 aromatic carbocycles. The fourth-order valence-electron chi connectivity index (χ4n) is 19.8. The molecule has 0 saturated carbocycles. The van der Waals surface area contributed by atoms with Crippen molar-refractivity contribution in [2.45, 2.75) is 136 Å². The van der Waals surface area contributed by atoms with Crippen molar-refractivity contribution in [3.05, 3.63) is 396 Å². The predicted octanol–water partition coefficient (Wildman–Crippen LogP) is 30.0. The number of furan rings is 1. The van der Waals surface area contributed by atoms with Crippen LogP contribution in [0.15, 0.2) is 350 Å². The number of nitrogens with zero attached hydrogens (tertiary/aromatic N) is 3. The first kappa shape index (κ1) is 67.5. The minimum atomic E-state index is -0.679. The number of hydrogen-bond acceptors (Lipinski definition) is 3. The fourth-order valence-corrected chi connectivity index (χ4v) is 19.8. The van der Waals surface area contributed by atoms with Gasteiger partial charge in [0, 0.05) is 61.0 Å². The van der Waals surface area contributed by atoms with Gasteiger partial charge in [-0.2, -0.15) is 0 Å². The first-order valence-electron chi connectivity index (χ1n) is 47.0. The molecular formula is C117H102BN3O. The summed E-state index contributed by atoms with van der Waals surface area (Å²) in [7, 11) is 0. The third-order valence-electron chi connectivity index (χ3n) is 26.2. The second-order valence-electron chi connectivity index (χ2n) is 39.1. The highest BCUT2D eigenvalue weighted by Crippen LogP contribution is 2.59. The SMILES string of the molecule is [2H]c1c([2H])c([2H])c2c(c1[2H])c1c([2H])c([2H])c([2H])c([2H])c1n2-c1cc2c3c(c1)N(c1cccc4c1oc1c(-c5ccc6c(c5)C(c5ccccc5)(c5ccccc5)c5ccccc5-6)cccc14)c1cc(-c4cc(C(C)(C)C)cc(C(C)(C)C)c4)ccc1B3c1ccc(-c3cc(C(C)(C)C)cc(C(C)(C)C)c3)cc1N2c1c(-c2ccccc2)cc(C(C)(C)C)cc1-c1ccccc1. The molecule has 2 aliphatic heterocycles. The highest BCUT2D eigenvalue weighted by Gasteiger charge is 2.49. The Morgan fingerprint density at radius 2 is 0.705 bits per heavy atom. The van der Waals surface area contributed by atoms with Gasteiger partial charge in [-0.25, -0.2) is 0 Å². The van der Waals surface area contributed by atoms with Crippen molar-refractivity contribution in [1.29, 1.82) is 0 Å². The average molecular weight is 1580 g/mol. The van der Waals surface area contributed by atoms with Gasteiger partial charge in [-0.3, -0.25) is 0 Å². The zero-order valence-electron chi connectivity index (χ0n) is 80.1. The van der Waals surface area contributed by atoms with E-state index in [1.807, 2.05) is 0 Å². The van der Waals surface area contributed by atoms with Crippen LogP contribution in [-0.4, -0.2) is 11.3 Å². The van der Waals surface area contributed by atoms with Crippen molar-refractivity contribution < 1.29 is 15.4 Å². The lowest BCUT2D eigenvalue weighted by Crippen LogP contribution is -2.61. The van der Waals surface area contributed by atoms with E-state index < -0.39 is 60.5 Å². The van der Waals surface area contributed by atoms with E-state index in [-0.39, 0.29) is 48.9 Å². The van der Waals surface area contributed by atoms with Gasteiger partial charge in [-0.15, -0.1) is 0 Å². The topological polar surface area (TPSA) is 24.6 Å². The van der Waals surface area contributed by atoms with Gasteiger partial charge in [0.15, 0.2) is 5.58 Å². The van der Waals surface area contributed by atoms with E-state index >= 15 is 0 Å². The van der Waals surface area contributed by atoms with Crippen molar-refractivity contribution >= 4 is 101 Å². The molecule has 4 heterocycles. The number of rotatable bonds is 10. The van der Waals surface area contributed by atoms with Gasteiger partial charge < -0.3 is 18.8 Å². The highest BCUT2D eigenvalue weighted by molar-refractivity contribution is 7.00. The van der Waals surface area contributed by atoms with Crippen molar-refractivity contribution in [2.24, 2.45) is 0 Å². The molecule has 0 atom stereocenters. The van der Waals surface area contributed by atoms with Crippen molar-refractivity contribution in [1.82, 2.24) is 4.57 Å². The number of para-hydroxylation sites is 4. The van der Waals surface area contributed by atoms with Gasteiger partial charge >= 0.3 is 0 Å². The Hall–Kier alpha value is -13.2. The lowest BCUT2D eigenvalue weighted by atomic mass is 9.33. The Morgan fingerprint density at radius 1 is 0.287 bits per heavy atom. The summed E-state index contributed by atoms with van der Waals surface area (Å²) in [4.78, 5) is 4.85. The normalized spacial score (nSPS) is 14.6. The highest BCUT2D eigenvalue weighted by atomic mass is 16.3. The zero-order valence-corrected chi connectivity index (χ0v) is 72.1. The third kappa shape index (κ3) is 12.2. The van der Waals surface area contributed by atoms with Gasteiger partial charge in [0.25, 0.3) is 6.71 Å². The molecule has 3 aliphatic rings. The molecular weight excluding hydrogens is 1470 g/mol. The van der Waals surface area contributed by atoms with Crippen LogP contribution in [0.25, 0.3) is 116 Å². The van der Waals surface area contributed by atoms with Gasteiger partial charge in [-0.1, -0.05) is 389 Å². The largest absolute Gasteiger partial charge is 0.453 e. The molecule has 21 rings (SSSR count). The molecule has 594 valence electrons. The molecule has 0 amide bonds. The molecule has 122 heavy (non-hydrogen) atoms. The van der Waals surface area contributed by atoms with Crippen LogP contribution in [0, 0.1) is 0 Å². The first-order valence-corrected chi connectivity index (χ1v) is 43.0. The lowest BCUT2D eigenvalue weighted by Gasteiger charge is -2.45. The number of fused-ring (bicyclic) bond motifs is 13. The zero-order chi connectivity index (χ0) is 90.8. The average Bonchev–Trinajstić information content (AvgIpc) is 1.08. The molecule has 0 bridgehead atoms. The van der Waals surface area contributed by atoms with Crippen LogP contribution < -0.4 is 26.2 Å². The van der Waals surface area contributed by atoms with Crippen molar-refractivity contribution in [3.8, 4) is 72.4 Å². The number of aromatic nitrogens is 1. The Bertz CT molecular complexity index is 7550. The van der Waals surface area contributed by atoms with Crippen LogP contribution in [0.2, 0.25) is 0 Å². The molecule has 0 fully saturated rings. The molecule has 0 spiro atoms. The first-order chi connectivity index (χ1) is 62.0. The number of anilines is 6. The Balaban J connectivity index is 0.937. The van der Waals surface area contributed by atoms with Crippen LogP contribution in [0.5, 0.6) is 0 Å². The molecule has 18 aromatic rings. The molecule has 0 N–H and O–H groups in total. The maximum atomic E-state index is 10.3. The van der Waals surface area contributed by atoms with E-state index in [4.69, 9.17) is 4.42 Å². The van der Waals surface area contributed by atoms with Gasteiger partial charge in [0.05, 0.1) is 44.5 Å². The minimum Gasteiger partial charge on any atom is -0.453 e. The molecule has 1 aliphatic carbocycles. The molecule has 4 nitrogen and oxygen atoms in total. The summed E-state index contributed by atoms with van der Waals surface area (Å²) in [5.41, 5.74) is 30.3. The van der Waals surface area contributed by atoms with E-state index in [2.05, 4.69) is 411 Å². The fraction of sp³-hybridized carbons (Fsp3) is 0.179. The standard InChI is InChI=1S/C117H102BN3O/c1-112(2,3)82-60-78(61-83(67-82)113(4,5)6)75-55-58-99-104(65-75)120(103-53-35-49-94-93-48-34-47-88(110(93)122-111(94)103)77-54-57-90-89-44-28-31-50-97(89)117(98(90)64-77,80-40-24-18-25-41-80)81-42-26-19-27-43-81)106-71-87(119-101-51-32-29-45-91(101)92-46-30-33-52-102(92)119)72-107-108(106)118(99)100-59-56-76(79-62-84(114(7,8)9)68-85(63-79)115(10,11)12)66-105(100)121(107)109-95(73-36-20-16-21-37-73)69-86(116(13,14)15)70-96(109)74-38-22-17-23-39-74/h16-72H,1-15H3/i29D,30D,32D,33D,45D,46D,51D,52D. The quantitative estimate of drug-likeness (QED) is 0.128. The third-order valence-corrected chi connectivity index (χ3v) is 26.2. The maximum absolute atomic E-state index is 10.3. The summed E-state index contributed by atoms with van der Waals surface area (Å²) in [5.74, 6) is 0. The van der Waals surface area contributed by atoms with E-state index in [0.717, 1.165) is 128 Å². The van der Waals surface area contributed by atoms with E-state index in [0.29, 0.717) is 28.2 Å². The molecule has 5 heteroatoms. The Morgan fingerprint density at radius 3 is 1.21 bits per heavy atom. The summed E-state index contributed by atoms with van der Waals surface area (Å²) >= 11 is 0. The Kier molecular flexibility index (Phi) is 15.5. The second kappa shape index (κ2) is 27.9. The van der Waals surface area contributed by atoms with Gasteiger partial charge in [0.2, 0.25) is 0 Å². The number of benzene rings is 16. The van der Waals surface area contributed by atoms with Crippen LogP contribution in [0.3, 0.4) is 0 Å². The van der Waals surface area contributed by atoms with Gasteiger partial charge in [0.1, 0.15) is 5.58 Å². The summed E-state index contributed by atoms with van der Waals surface area (Å²) in [6.45, 7) is 33.6. The predicted molar refractivity (Wildman–Crippen MR) is 520 cm³/mol. The second-order valence-corrected chi connectivity index (χ2v) is 39.1. The van der Waals surface area contributed by atoms with Crippen molar-refractivity contribution in [3.63, 3.8) is 0 Å². The van der Waals surface area contributed by atoms with E-state index in [9.17, 15) is 11.0 Å². The summed E-state index contributed by atoms with van der Waals surface area (Å²) in [6.07, 6.45) is 0. The Labute approximate surface area is 730 Å². The smallest absolute Gasteiger partial charge is 0.252 e. The summed E-state index contributed by atoms with van der Waals surface area (Å²) in [6, 6.07) is 106. The van der Waals surface area contributed by atoms with Gasteiger partial charge in [-0.05, 0) is 204 Å². The molecule has 0 unspecified atom stereocenters. The molecule has 0 saturated heterocycles. The molecule has 0 radical (unpaired) electrons. The lowest BCUT2D eigenvalue weighted by molar-refractivity contribution is 0.568. The molecule has 2 aromatic heterocycles. The summed E-state index contributed by atoms with van der Waals surface area (Å²) < 4.78 is 88.6. The van der Waals surface area contributed by atoms with Crippen LogP contribution in [0.1, 0.15) is 165 Å². The monoisotopic (exact) mass is 1580 g/mol. The van der Waals surface area contributed by atoms with Crippen molar-refractivity contribution in [2.75, 3.05) is 9.80 Å². The minimum absolute atomic E-state index is 0.00478. The van der Waals surface area contributed by atoms with Crippen LogP contribution >= 0.6 is 0 Å².